The van der Waals surface area contributed by atoms with Gasteiger partial charge in [0, 0.05) is 68.0 Å². The minimum absolute atomic E-state index is 0.0334. The molecule has 4 saturated heterocycles. The summed E-state index contributed by atoms with van der Waals surface area (Å²) in [5, 5.41) is 0. The third kappa shape index (κ3) is 10.6. The number of hydrogen-bond acceptors (Lipinski definition) is 6. The van der Waals surface area contributed by atoms with E-state index in [1.54, 1.807) is 21.9 Å². The summed E-state index contributed by atoms with van der Waals surface area (Å²) in [6, 6.07) is 11.1. The molecule has 0 atom stereocenters. The summed E-state index contributed by atoms with van der Waals surface area (Å²) in [5.41, 5.74) is 3.17. The predicted molar refractivity (Wildman–Crippen MR) is 216 cm³/mol. The van der Waals surface area contributed by atoms with E-state index >= 15 is 0 Å². The minimum atomic E-state index is -0.482. The number of piperidine rings is 2. The van der Waals surface area contributed by atoms with Crippen molar-refractivity contribution in [2.75, 3.05) is 52.4 Å². The monoisotopic (exact) mass is 819 g/mol. The van der Waals surface area contributed by atoms with Crippen molar-refractivity contribution in [3.05, 3.63) is 74.5 Å². The quantitative estimate of drug-likeness (QED) is 0.280. The number of carbonyl (C=O) groups is 4. The normalized spacial score (nSPS) is 19.1. The number of benzene rings is 2. The van der Waals surface area contributed by atoms with E-state index in [-0.39, 0.29) is 34.8 Å². The Kier molecular flexibility index (Phi) is 12.6. The van der Waals surface area contributed by atoms with E-state index in [9.17, 15) is 19.2 Å². The number of halogens is 1. The zero-order valence-electron chi connectivity index (χ0n) is 33.9. The highest BCUT2D eigenvalue weighted by Gasteiger charge is 2.45. The van der Waals surface area contributed by atoms with Crippen molar-refractivity contribution in [2.24, 2.45) is 10.8 Å². The molecule has 0 unspecified atom stereocenters. The largest absolute Gasteiger partial charge is 0.444 e. The van der Waals surface area contributed by atoms with Crippen LogP contribution < -0.4 is 0 Å². The fourth-order valence-corrected chi connectivity index (χ4v) is 8.32. The molecular formula is C43H58BrN5O6. The Hall–Kier alpha value is -4.11. The van der Waals surface area contributed by atoms with Crippen LogP contribution in [0.2, 0.25) is 0 Å². The van der Waals surface area contributed by atoms with Crippen LogP contribution in [0.25, 0.3) is 4.85 Å². The molecule has 55 heavy (non-hydrogen) atoms. The highest BCUT2D eigenvalue weighted by atomic mass is 79.9. The third-order valence-electron chi connectivity index (χ3n) is 11.4. The standard InChI is InChI=1S/C22H29N3O3.C21H29BrN2O3/c1-16-14-17(6-7-18(16)23-5)19(26)25-13-10-22(15-25)8-11-24(12-9-22)20(27)28-21(2,3)4;1-15-13-16(5-6-17(15)22)18(25)24-12-9-21(14-24)7-10-23(11-8-21)19(26)27-20(2,3)4/h6-7,14H,8-13,15H2,1-4H3;5-6,13H,7-12,14H2,1-4H3. The molecule has 0 bridgehead atoms. The lowest BCUT2D eigenvalue weighted by Crippen LogP contribution is -2.46. The van der Waals surface area contributed by atoms with E-state index in [0.717, 1.165) is 85.9 Å². The van der Waals surface area contributed by atoms with Gasteiger partial charge in [-0.3, -0.25) is 9.59 Å². The number of rotatable bonds is 2. The predicted octanol–water partition coefficient (Wildman–Crippen LogP) is 9.03. The number of hydrogen-bond donors (Lipinski definition) is 0. The number of ether oxygens (including phenoxy) is 2. The minimum Gasteiger partial charge on any atom is -0.444 e. The number of aryl methyl sites for hydroxylation is 2. The van der Waals surface area contributed by atoms with Crippen LogP contribution in [0.15, 0.2) is 40.9 Å². The first kappa shape index (κ1) is 42.0. The number of carbonyl (C=O) groups excluding carboxylic acids is 4. The molecule has 4 aliphatic heterocycles. The van der Waals surface area contributed by atoms with E-state index in [2.05, 4.69) is 20.8 Å². The lowest BCUT2D eigenvalue weighted by molar-refractivity contribution is 0.00993. The molecule has 4 heterocycles. The van der Waals surface area contributed by atoms with Crippen LogP contribution >= 0.6 is 15.9 Å². The second kappa shape index (κ2) is 16.5. The van der Waals surface area contributed by atoms with Crippen molar-refractivity contribution in [3.8, 4) is 0 Å². The van der Waals surface area contributed by atoms with E-state index in [4.69, 9.17) is 16.0 Å². The molecule has 4 amide bonds. The van der Waals surface area contributed by atoms with Crippen LogP contribution in [0.3, 0.4) is 0 Å². The first-order chi connectivity index (χ1) is 25.7. The molecule has 12 heteroatoms. The molecule has 2 aromatic carbocycles. The molecule has 0 aromatic heterocycles. The van der Waals surface area contributed by atoms with Gasteiger partial charge in [0.2, 0.25) is 0 Å². The van der Waals surface area contributed by atoms with E-state index < -0.39 is 11.2 Å². The zero-order valence-corrected chi connectivity index (χ0v) is 35.5. The zero-order chi connectivity index (χ0) is 40.3. The molecule has 4 aliphatic rings. The summed E-state index contributed by atoms with van der Waals surface area (Å²) >= 11 is 3.49. The Morgan fingerprint density at radius 1 is 0.618 bits per heavy atom. The summed E-state index contributed by atoms with van der Waals surface area (Å²) in [5.74, 6) is 0.142. The van der Waals surface area contributed by atoms with Crippen LogP contribution in [0, 0.1) is 31.2 Å². The van der Waals surface area contributed by atoms with Gasteiger partial charge in [-0.1, -0.05) is 34.1 Å². The molecule has 11 nitrogen and oxygen atoms in total. The van der Waals surface area contributed by atoms with E-state index in [0.29, 0.717) is 37.4 Å². The van der Waals surface area contributed by atoms with Gasteiger partial charge in [-0.15, -0.1) is 0 Å². The van der Waals surface area contributed by atoms with E-state index in [1.165, 1.54) is 0 Å². The molecule has 2 aromatic rings. The average Bonchev–Trinajstić information content (AvgIpc) is 3.72. The Morgan fingerprint density at radius 3 is 1.33 bits per heavy atom. The number of amides is 4. The second-order valence-electron chi connectivity index (χ2n) is 18.0. The van der Waals surface area contributed by atoms with Crippen molar-refractivity contribution >= 4 is 45.6 Å². The Bertz CT molecular complexity index is 1810. The van der Waals surface area contributed by atoms with Gasteiger partial charge in [-0.25, -0.2) is 14.4 Å². The Balaban J connectivity index is 0.000000211. The van der Waals surface area contributed by atoms with Crippen molar-refractivity contribution in [1.82, 2.24) is 19.6 Å². The van der Waals surface area contributed by atoms with Gasteiger partial charge in [-0.05, 0) is 134 Å². The molecule has 0 saturated carbocycles. The smallest absolute Gasteiger partial charge is 0.410 e. The third-order valence-corrected chi connectivity index (χ3v) is 12.3. The first-order valence-corrected chi connectivity index (χ1v) is 20.3. The van der Waals surface area contributed by atoms with Gasteiger partial charge in [0.15, 0.2) is 5.69 Å². The summed E-state index contributed by atoms with van der Waals surface area (Å²) in [7, 11) is 0. The van der Waals surface area contributed by atoms with Crippen molar-refractivity contribution in [1.29, 1.82) is 0 Å². The lowest BCUT2D eigenvalue weighted by atomic mass is 9.78. The fraction of sp³-hybridized carbons (Fsp3) is 0.605. The molecule has 4 fully saturated rings. The van der Waals surface area contributed by atoms with Gasteiger partial charge < -0.3 is 29.1 Å². The fourth-order valence-electron chi connectivity index (χ4n) is 8.07. The van der Waals surface area contributed by atoms with Crippen LogP contribution in [0.1, 0.15) is 112 Å². The maximum atomic E-state index is 12.9. The Morgan fingerprint density at radius 2 is 0.982 bits per heavy atom. The summed E-state index contributed by atoms with van der Waals surface area (Å²) < 4.78 is 12.0. The van der Waals surface area contributed by atoms with Crippen molar-refractivity contribution in [3.63, 3.8) is 0 Å². The number of nitrogens with zero attached hydrogens (tertiary/aromatic N) is 5. The first-order valence-electron chi connectivity index (χ1n) is 19.5. The molecular weight excluding hydrogens is 762 g/mol. The van der Waals surface area contributed by atoms with Gasteiger partial charge in [0.1, 0.15) is 11.2 Å². The van der Waals surface area contributed by atoms with Gasteiger partial charge in [0.25, 0.3) is 11.8 Å². The molecule has 2 spiro atoms. The van der Waals surface area contributed by atoms with Crippen LogP contribution in [0.5, 0.6) is 0 Å². The maximum absolute atomic E-state index is 12.9. The molecule has 298 valence electrons. The van der Waals surface area contributed by atoms with Crippen molar-refractivity contribution in [2.45, 2.75) is 105 Å². The van der Waals surface area contributed by atoms with Crippen molar-refractivity contribution < 1.29 is 28.7 Å². The average molecular weight is 821 g/mol. The summed E-state index contributed by atoms with van der Waals surface area (Å²) in [4.78, 5) is 61.3. The highest BCUT2D eigenvalue weighted by Crippen LogP contribution is 2.42. The maximum Gasteiger partial charge on any atom is 0.410 e. The van der Waals surface area contributed by atoms with Crippen LogP contribution in [-0.4, -0.2) is 107 Å². The molecule has 6 rings (SSSR count). The van der Waals surface area contributed by atoms with Gasteiger partial charge >= 0.3 is 12.2 Å². The number of likely N-dealkylation sites (tertiary alicyclic amines) is 4. The summed E-state index contributed by atoms with van der Waals surface area (Å²) in [6.07, 6.45) is 5.15. The molecule has 0 N–H and O–H groups in total. The summed E-state index contributed by atoms with van der Waals surface area (Å²) in [6.45, 7) is 28.1. The molecule has 0 radical (unpaired) electrons. The Labute approximate surface area is 335 Å². The molecule has 0 aliphatic carbocycles. The van der Waals surface area contributed by atoms with E-state index in [1.807, 2.05) is 89.5 Å². The topological polar surface area (TPSA) is 104 Å². The van der Waals surface area contributed by atoms with Crippen LogP contribution in [0.4, 0.5) is 15.3 Å². The SMILES string of the molecule is Cc1cc(C(=O)N2CCC3(CCN(C(=O)OC(C)(C)C)CC3)C2)ccc1Br.[C-]#[N+]c1ccc(C(=O)N2CCC3(CCN(C(=O)OC(C)(C)C)CC3)C2)cc1C. The lowest BCUT2D eigenvalue weighted by Gasteiger charge is -2.39. The van der Waals surface area contributed by atoms with Gasteiger partial charge in [0.05, 0.1) is 6.57 Å². The highest BCUT2D eigenvalue weighted by molar-refractivity contribution is 9.10. The van der Waals surface area contributed by atoms with Crippen LogP contribution in [-0.2, 0) is 9.47 Å². The second-order valence-corrected chi connectivity index (χ2v) is 18.8. The van der Waals surface area contributed by atoms with Gasteiger partial charge in [-0.2, -0.15) is 0 Å².